The second-order valence-corrected chi connectivity index (χ2v) is 13.8. The molecule has 296 valence electrons. The van der Waals surface area contributed by atoms with Gasteiger partial charge in [0.1, 0.15) is 43.2 Å². The van der Waals surface area contributed by atoms with Crippen molar-refractivity contribution in [2.45, 2.75) is 140 Å². The first-order chi connectivity index (χ1) is 24.9. The number of rotatable bonds is 27. The lowest BCUT2D eigenvalue weighted by Crippen LogP contribution is -2.64. The number of aliphatic hydroxyl groups is 5. The summed E-state index contributed by atoms with van der Waals surface area (Å²) in [5.74, 6) is -1.23. The van der Waals surface area contributed by atoms with Gasteiger partial charge in [0, 0.05) is 12.8 Å². The lowest BCUT2D eigenvalue weighted by molar-refractivity contribution is -0.220. The van der Waals surface area contributed by atoms with Gasteiger partial charge in [0.25, 0.3) is 0 Å². The average molecular weight is 757 g/mol. The number of hydrogen-bond acceptors (Lipinski definition) is 12. The van der Waals surface area contributed by atoms with Crippen molar-refractivity contribution < 1.29 is 63.1 Å². The molecule has 0 amide bonds. The molecular weight excluding hydrogens is 695 g/mol. The third kappa shape index (κ3) is 21.7. The number of allylic oxidation sites excluding steroid dienone is 12. The van der Waals surface area contributed by atoms with Gasteiger partial charge in [-0.25, -0.2) is 4.57 Å². The van der Waals surface area contributed by atoms with Crippen LogP contribution >= 0.6 is 7.82 Å². The Labute approximate surface area is 308 Å². The van der Waals surface area contributed by atoms with Gasteiger partial charge in [0.2, 0.25) is 0 Å². The number of ether oxygens (including phenoxy) is 2. The fraction of sp³-hybridized carbons (Fsp3) is 0.632. The highest BCUT2D eigenvalue weighted by atomic mass is 31.2. The Hall–Kier alpha value is -2.71. The lowest BCUT2D eigenvalue weighted by atomic mass is 9.85. The molecule has 0 aliphatic heterocycles. The summed E-state index contributed by atoms with van der Waals surface area (Å²) in [5, 5.41) is 49.7. The van der Waals surface area contributed by atoms with E-state index in [9.17, 15) is 44.6 Å². The quantitative estimate of drug-likeness (QED) is 0.0276. The fourth-order valence-electron chi connectivity index (χ4n) is 4.84. The van der Waals surface area contributed by atoms with E-state index in [4.69, 9.17) is 18.5 Å². The lowest BCUT2D eigenvalue weighted by Gasteiger charge is -2.41. The van der Waals surface area contributed by atoms with Crippen molar-refractivity contribution in [3.05, 3.63) is 72.9 Å². The number of phosphoric acid groups is 1. The van der Waals surface area contributed by atoms with Crippen LogP contribution < -0.4 is 0 Å². The van der Waals surface area contributed by atoms with E-state index in [0.717, 1.165) is 51.4 Å². The molecule has 13 nitrogen and oxygen atoms in total. The minimum atomic E-state index is -5.12. The molecule has 0 aromatic rings. The summed E-state index contributed by atoms with van der Waals surface area (Å²) in [4.78, 5) is 35.0. The van der Waals surface area contributed by atoms with E-state index in [0.29, 0.717) is 19.3 Å². The van der Waals surface area contributed by atoms with Crippen LogP contribution in [0.4, 0.5) is 0 Å². The molecule has 1 aliphatic carbocycles. The number of carbonyl (C=O) groups excluding carboxylic acids is 2. The monoisotopic (exact) mass is 756 g/mol. The van der Waals surface area contributed by atoms with Gasteiger partial charge >= 0.3 is 19.8 Å². The van der Waals surface area contributed by atoms with Crippen LogP contribution in [0, 0.1) is 0 Å². The Morgan fingerprint density at radius 2 is 1.10 bits per heavy atom. The fourth-order valence-corrected chi connectivity index (χ4v) is 5.81. The van der Waals surface area contributed by atoms with Crippen LogP contribution in [-0.2, 0) is 32.7 Å². The van der Waals surface area contributed by atoms with Crippen LogP contribution in [0.15, 0.2) is 72.9 Å². The van der Waals surface area contributed by atoms with Gasteiger partial charge in [-0.2, -0.15) is 0 Å². The molecule has 0 aromatic heterocycles. The van der Waals surface area contributed by atoms with Crippen LogP contribution in [0.2, 0.25) is 0 Å². The van der Waals surface area contributed by atoms with E-state index in [1.165, 1.54) is 0 Å². The summed E-state index contributed by atoms with van der Waals surface area (Å²) in [6.45, 7) is 2.91. The Morgan fingerprint density at radius 3 is 1.60 bits per heavy atom. The molecular formula is C38H61O13P. The van der Waals surface area contributed by atoms with Crippen molar-refractivity contribution in [2.24, 2.45) is 0 Å². The zero-order chi connectivity index (χ0) is 38.6. The van der Waals surface area contributed by atoms with Gasteiger partial charge in [0.15, 0.2) is 6.10 Å². The van der Waals surface area contributed by atoms with E-state index in [1.807, 2.05) is 31.2 Å². The number of aliphatic hydroxyl groups excluding tert-OH is 5. The zero-order valence-corrected chi connectivity index (χ0v) is 31.5. The molecule has 0 saturated heterocycles. The van der Waals surface area contributed by atoms with Crippen molar-refractivity contribution in [1.29, 1.82) is 0 Å². The number of unbranched alkanes of at least 4 members (excludes halogenated alkanes) is 3. The third-order valence-corrected chi connectivity index (χ3v) is 8.81. The number of phosphoric ester groups is 1. The number of carbonyl (C=O) groups is 2. The Kier molecular flexibility index (Phi) is 26.2. The van der Waals surface area contributed by atoms with Gasteiger partial charge in [-0.05, 0) is 51.4 Å². The van der Waals surface area contributed by atoms with Crippen molar-refractivity contribution in [1.82, 2.24) is 0 Å². The highest BCUT2D eigenvalue weighted by Crippen LogP contribution is 2.47. The summed E-state index contributed by atoms with van der Waals surface area (Å²) < 4.78 is 32.9. The molecule has 0 spiro atoms. The second-order valence-electron chi connectivity index (χ2n) is 12.3. The summed E-state index contributed by atoms with van der Waals surface area (Å²) in [7, 11) is -5.12. The van der Waals surface area contributed by atoms with E-state index in [2.05, 4.69) is 55.5 Å². The van der Waals surface area contributed by atoms with Gasteiger partial charge in [-0.15, -0.1) is 0 Å². The first-order valence-corrected chi connectivity index (χ1v) is 19.7. The Morgan fingerprint density at radius 1 is 0.615 bits per heavy atom. The highest BCUT2D eigenvalue weighted by molar-refractivity contribution is 7.47. The van der Waals surface area contributed by atoms with E-state index in [1.54, 1.807) is 0 Å². The zero-order valence-electron chi connectivity index (χ0n) is 30.6. The molecule has 0 bridgehead atoms. The maximum atomic E-state index is 12.7. The smallest absolute Gasteiger partial charge is 0.462 e. The van der Waals surface area contributed by atoms with Crippen molar-refractivity contribution >= 4 is 19.8 Å². The molecule has 6 N–H and O–H groups in total. The van der Waals surface area contributed by atoms with Gasteiger partial charge in [0.05, 0.1) is 6.61 Å². The normalized spacial score (nSPS) is 24.5. The molecule has 6 unspecified atom stereocenters. The minimum absolute atomic E-state index is 0.0323. The third-order valence-electron chi connectivity index (χ3n) is 7.83. The SMILES string of the molecule is CC/C=C\C/C=C\C/C=C\C/C=C\C/C=C\C/C=C\CCC(=O)OC(COC(=O)CCCCCC)COP(=O)(O)OC1C(O)C(O)C(O)C(O)C1O. The summed E-state index contributed by atoms with van der Waals surface area (Å²) >= 11 is 0. The molecule has 1 saturated carbocycles. The first kappa shape index (κ1) is 47.3. The molecule has 6 atom stereocenters. The predicted octanol–water partition coefficient (Wildman–Crippen LogP) is 5.21. The molecule has 1 rings (SSSR count). The summed E-state index contributed by atoms with van der Waals surface area (Å²) in [6.07, 6.45) is 20.8. The second kappa shape index (κ2) is 28.7. The topological polar surface area (TPSA) is 210 Å². The first-order valence-electron chi connectivity index (χ1n) is 18.2. The average Bonchev–Trinajstić information content (AvgIpc) is 3.12. The maximum Gasteiger partial charge on any atom is 0.472 e. The predicted molar refractivity (Wildman–Crippen MR) is 198 cm³/mol. The van der Waals surface area contributed by atoms with Crippen molar-refractivity contribution in [3.8, 4) is 0 Å². The largest absolute Gasteiger partial charge is 0.472 e. The summed E-state index contributed by atoms with van der Waals surface area (Å²) in [6, 6.07) is 0. The molecule has 0 aromatic carbocycles. The Balaban J connectivity index is 2.53. The molecule has 14 heteroatoms. The van der Waals surface area contributed by atoms with Crippen LogP contribution in [0.5, 0.6) is 0 Å². The minimum Gasteiger partial charge on any atom is -0.462 e. The van der Waals surface area contributed by atoms with Gasteiger partial charge in [-0.3, -0.25) is 18.6 Å². The molecule has 52 heavy (non-hydrogen) atoms. The molecule has 0 radical (unpaired) electrons. The van der Waals surface area contributed by atoms with Crippen molar-refractivity contribution in [2.75, 3.05) is 13.2 Å². The van der Waals surface area contributed by atoms with E-state index in [-0.39, 0.29) is 12.8 Å². The molecule has 1 aliphatic rings. The van der Waals surface area contributed by atoms with Gasteiger partial charge < -0.3 is 39.9 Å². The van der Waals surface area contributed by atoms with Crippen LogP contribution in [0.1, 0.15) is 97.3 Å². The van der Waals surface area contributed by atoms with Crippen LogP contribution in [0.3, 0.4) is 0 Å². The molecule has 0 heterocycles. The highest BCUT2D eigenvalue weighted by Gasteiger charge is 2.51. The van der Waals surface area contributed by atoms with Crippen LogP contribution in [-0.4, -0.2) is 98.3 Å². The van der Waals surface area contributed by atoms with E-state index < -0.39 is 75.7 Å². The van der Waals surface area contributed by atoms with Gasteiger partial charge in [-0.1, -0.05) is 106 Å². The Bertz CT molecular complexity index is 1200. The maximum absolute atomic E-state index is 12.7. The van der Waals surface area contributed by atoms with Crippen molar-refractivity contribution in [3.63, 3.8) is 0 Å². The van der Waals surface area contributed by atoms with Crippen LogP contribution in [0.25, 0.3) is 0 Å². The number of esters is 2. The summed E-state index contributed by atoms with van der Waals surface area (Å²) in [5.41, 5.74) is 0. The van der Waals surface area contributed by atoms with E-state index >= 15 is 0 Å². The number of hydrogen-bond donors (Lipinski definition) is 6. The standard InChI is InChI=1S/C38H61O13P/c1-3-5-7-9-10-11-12-13-14-15-16-17-18-19-20-21-22-23-25-27-32(40)50-30(28-48-31(39)26-24-8-6-4-2)29-49-52(46,47)51-38-36(44)34(42)33(41)35(43)37(38)45/h5,7,10-11,13-14,16-17,19-20,22-23,30,33-38,41-45H,3-4,6,8-9,12,15,18,21,24-29H2,1-2H3,(H,46,47)/b7-5-,11-10-,14-13-,17-16-,20-19-,23-22-. The molecule has 1 fully saturated rings.